The van der Waals surface area contributed by atoms with Gasteiger partial charge in [-0.15, -0.1) is 0 Å². The minimum atomic E-state index is -0.308. The summed E-state index contributed by atoms with van der Waals surface area (Å²) in [6, 6.07) is 12.6. The Balaban J connectivity index is 1.96. The highest BCUT2D eigenvalue weighted by Crippen LogP contribution is 2.32. The molecule has 0 radical (unpaired) electrons. The van der Waals surface area contributed by atoms with Gasteiger partial charge in [0.15, 0.2) is 0 Å². The highest BCUT2D eigenvalue weighted by atomic mass is 35.5. The molecule has 0 saturated heterocycles. The molecule has 2 aromatic carbocycles. The number of aromatic nitrogens is 2. The average Bonchev–Trinajstić information content (AvgIpc) is 2.88. The summed E-state index contributed by atoms with van der Waals surface area (Å²) in [7, 11) is 0. The fraction of sp³-hybridized carbons (Fsp3) is 0.111. The third-order valence-corrected chi connectivity index (χ3v) is 4.81. The van der Waals surface area contributed by atoms with Crippen LogP contribution in [-0.2, 0) is 0 Å². The normalized spacial score (nSPS) is 10.8. The number of hydrogen-bond donors (Lipinski definition) is 1. The van der Waals surface area contributed by atoms with Crippen LogP contribution in [0, 0.1) is 13.8 Å². The number of amides is 1. The molecule has 0 spiro atoms. The summed E-state index contributed by atoms with van der Waals surface area (Å²) >= 11 is 18.1. The van der Waals surface area contributed by atoms with Crippen molar-refractivity contribution in [1.29, 1.82) is 0 Å². The van der Waals surface area contributed by atoms with Crippen LogP contribution in [0.25, 0.3) is 5.69 Å². The number of benzene rings is 2. The smallest absolute Gasteiger partial charge is 0.259 e. The van der Waals surface area contributed by atoms with Crippen LogP contribution >= 0.6 is 34.8 Å². The molecule has 128 valence electrons. The van der Waals surface area contributed by atoms with E-state index >= 15 is 0 Å². The Kier molecular flexibility index (Phi) is 5.04. The molecule has 3 aromatic rings. The maximum absolute atomic E-state index is 12.7. The van der Waals surface area contributed by atoms with E-state index in [9.17, 15) is 4.79 Å². The zero-order chi connectivity index (χ0) is 18.1. The zero-order valence-electron chi connectivity index (χ0n) is 13.5. The van der Waals surface area contributed by atoms with E-state index in [2.05, 4.69) is 10.4 Å². The topological polar surface area (TPSA) is 46.9 Å². The molecule has 25 heavy (non-hydrogen) atoms. The Morgan fingerprint density at radius 1 is 1.00 bits per heavy atom. The van der Waals surface area contributed by atoms with Crippen LogP contribution in [-0.4, -0.2) is 15.7 Å². The number of anilines is 1. The first-order chi connectivity index (χ1) is 11.9. The van der Waals surface area contributed by atoms with Crippen LogP contribution in [0.2, 0.25) is 15.1 Å². The molecule has 0 atom stereocenters. The number of nitrogens with zero attached hydrogens (tertiary/aromatic N) is 2. The van der Waals surface area contributed by atoms with Crippen LogP contribution in [0.4, 0.5) is 5.69 Å². The standard InChI is InChI=1S/C18H14Cl3N3O/c1-10-17(11(2)24(23-10)12-6-4-3-5-7-12)18(25)22-16-9-14(20)13(19)8-15(16)21/h3-9H,1-2H3,(H,22,25). The molecule has 0 bridgehead atoms. The second-order valence-corrected chi connectivity index (χ2v) is 6.72. The third kappa shape index (κ3) is 3.52. The summed E-state index contributed by atoms with van der Waals surface area (Å²) in [4.78, 5) is 12.7. The molecule has 0 aliphatic heterocycles. The van der Waals surface area contributed by atoms with Gasteiger partial charge in [0, 0.05) is 0 Å². The van der Waals surface area contributed by atoms with E-state index in [1.165, 1.54) is 12.1 Å². The SMILES string of the molecule is Cc1nn(-c2ccccc2)c(C)c1C(=O)Nc1cc(Cl)c(Cl)cc1Cl. The monoisotopic (exact) mass is 393 g/mol. The van der Waals surface area contributed by atoms with Crippen LogP contribution in [0.1, 0.15) is 21.7 Å². The molecule has 3 rings (SSSR count). The van der Waals surface area contributed by atoms with E-state index < -0.39 is 0 Å². The molecule has 1 amide bonds. The van der Waals surface area contributed by atoms with Gasteiger partial charge in [-0.1, -0.05) is 53.0 Å². The first kappa shape index (κ1) is 17.8. The lowest BCUT2D eigenvalue weighted by Crippen LogP contribution is -2.14. The lowest BCUT2D eigenvalue weighted by molar-refractivity contribution is 0.102. The van der Waals surface area contributed by atoms with Gasteiger partial charge in [0.25, 0.3) is 5.91 Å². The average molecular weight is 395 g/mol. The van der Waals surface area contributed by atoms with E-state index in [4.69, 9.17) is 34.8 Å². The minimum Gasteiger partial charge on any atom is -0.320 e. The van der Waals surface area contributed by atoms with Gasteiger partial charge in [-0.3, -0.25) is 4.79 Å². The van der Waals surface area contributed by atoms with Gasteiger partial charge in [-0.05, 0) is 38.1 Å². The lowest BCUT2D eigenvalue weighted by Gasteiger charge is -2.09. The van der Waals surface area contributed by atoms with Crippen molar-refractivity contribution in [2.75, 3.05) is 5.32 Å². The maximum atomic E-state index is 12.7. The number of halogens is 3. The summed E-state index contributed by atoms with van der Waals surface area (Å²) < 4.78 is 1.74. The van der Waals surface area contributed by atoms with Crippen molar-refractivity contribution in [3.63, 3.8) is 0 Å². The second-order valence-electron chi connectivity index (χ2n) is 5.49. The molecule has 0 aliphatic rings. The van der Waals surface area contributed by atoms with E-state index in [1.54, 1.807) is 11.6 Å². The lowest BCUT2D eigenvalue weighted by atomic mass is 10.1. The van der Waals surface area contributed by atoms with Gasteiger partial charge in [0.1, 0.15) is 0 Å². The van der Waals surface area contributed by atoms with E-state index in [0.29, 0.717) is 32.0 Å². The Morgan fingerprint density at radius 3 is 2.32 bits per heavy atom. The summed E-state index contributed by atoms with van der Waals surface area (Å²) in [5, 5.41) is 8.20. The summed E-state index contributed by atoms with van der Waals surface area (Å²) in [6.07, 6.45) is 0. The summed E-state index contributed by atoms with van der Waals surface area (Å²) in [6.45, 7) is 3.64. The molecule has 1 aromatic heterocycles. The molecule has 1 heterocycles. The van der Waals surface area contributed by atoms with Crippen molar-refractivity contribution >= 4 is 46.4 Å². The van der Waals surface area contributed by atoms with Crippen LogP contribution in [0.15, 0.2) is 42.5 Å². The third-order valence-electron chi connectivity index (χ3n) is 3.78. The van der Waals surface area contributed by atoms with Crippen molar-refractivity contribution in [1.82, 2.24) is 9.78 Å². The molecule has 1 N–H and O–H groups in total. The summed E-state index contributed by atoms with van der Waals surface area (Å²) in [5.41, 5.74) is 3.13. The quantitative estimate of drug-likeness (QED) is 0.579. The van der Waals surface area contributed by atoms with Gasteiger partial charge in [-0.2, -0.15) is 5.10 Å². The van der Waals surface area contributed by atoms with Crippen LogP contribution < -0.4 is 5.32 Å². The van der Waals surface area contributed by atoms with Gasteiger partial charge in [0.05, 0.1) is 43.4 Å². The number of hydrogen-bond acceptors (Lipinski definition) is 2. The largest absolute Gasteiger partial charge is 0.320 e. The highest BCUT2D eigenvalue weighted by molar-refractivity contribution is 6.44. The Morgan fingerprint density at radius 2 is 1.64 bits per heavy atom. The number of nitrogens with one attached hydrogen (secondary N) is 1. The summed E-state index contributed by atoms with van der Waals surface area (Å²) in [5.74, 6) is -0.308. The molecular formula is C18H14Cl3N3O. The van der Waals surface area contributed by atoms with Crippen molar-refractivity contribution in [3.05, 3.63) is 74.5 Å². The van der Waals surface area contributed by atoms with Crippen LogP contribution in [0.5, 0.6) is 0 Å². The predicted molar refractivity (Wildman–Crippen MR) is 102 cm³/mol. The number of aryl methyl sites for hydroxylation is 1. The van der Waals surface area contributed by atoms with Crippen molar-refractivity contribution < 1.29 is 4.79 Å². The number of carbonyl (C=O) groups excluding carboxylic acids is 1. The second kappa shape index (κ2) is 7.08. The fourth-order valence-electron chi connectivity index (χ4n) is 2.60. The van der Waals surface area contributed by atoms with Gasteiger partial charge in [-0.25, -0.2) is 4.68 Å². The van der Waals surface area contributed by atoms with Crippen molar-refractivity contribution in [3.8, 4) is 5.69 Å². The molecule has 7 heteroatoms. The first-order valence-corrected chi connectivity index (χ1v) is 8.59. The van der Waals surface area contributed by atoms with E-state index in [-0.39, 0.29) is 5.91 Å². The Bertz CT molecular complexity index is 952. The maximum Gasteiger partial charge on any atom is 0.259 e. The van der Waals surface area contributed by atoms with Crippen molar-refractivity contribution in [2.45, 2.75) is 13.8 Å². The fourth-order valence-corrected chi connectivity index (χ4v) is 3.19. The van der Waals surface area contributed by atoms with Gasteiger partial charge >= 0.3 is 0 Å². The van der Waals surface area contributed by atoms with E-state index in [1.807, 2.05) is 37.3 Å². The molecule has 0 unspecified atom stereocenters. The molecule has 0 saturated carbocycles. The van der Waals surface area contributed by atoms with E-state index in [0.717, 1.165) is 11.4 Å². The van der Waals surface area contributed by atoms with Gasteiger partial charge < -0.3 is 5.32 Å². The molecule has 4 nitrogen and oxygen atoms in total. The Labute approximate surface area is 160 Å². The zero-order valence-corrected chi connectivity index (χ0v) is 15.7. The van der Waals surface area contributed by atoms with Gasteiger partial charge in [0.2, 0.25) is 0 Å². The van der Waals surface area contributed by atoms with Crippen LogP contribution in [0.3, 0.4) is 0 Å². The number of para-hydroxylation sites is 1. The first-order valence-electron chi connectivity index (χ1n) is 7.46. The van der Waals surface area contributed by atoms with Crippen molar-refractivity contribution in [2.24, 2.45) is 0 Å². The number of carbonyl (C=O) groups is 1. The highest BCUT2D eigenvalue weighted by Gasteiger charge is 2.20. The Hall–Kier alpha value is -2.01. The predicted octanol–water partition coefficient (Wildman–Crippen LogP) is 5.70. The minimum absolute atomic E-state index is 0.308. The number of rotatable bonds is 3. The molecular weight excluding hydrogens is 381 g/mol. The molecule has 0 fully saturated rings. The molecule has 0 aliphatic carbocycles.